The van der Waals surface area contributed by atoms with Crippen LogP contribution in [-0.2, 0) is 14.9 Å². The second-order valence-corrected chi connectivity index (χ2v) is 6.04. The molecule has 1 aromatic carbocycles. The van der Waals surface area contributed by atoms with Crippen LogP contribution in [0.3, 0.4) is 0 Å². The van der Waals surface area contributed by atoms with Crippen molar-refractivity contribution in [1.82, 2.24) is 15.3 Å². The fourth-order valence-electron chi connectivity index (χ4n) is 2.53. The van der Waals surface area contributed by atoms with Gasteiger partial charge in [-0.15, -0.1) is 0 Å². The van der Waals surface area contributed by atoms with Crippen molar-refractivity contribution < 1.29 is 14.3 Å². The summed E-state index contributed by atoms with van der Waals surface area (Å²) < 4.78 is 4.97. The number of nitrogens with zero attached hydrogens (tertiary/aromatic N) is 2. The number of amides is 1. The Morgan fingerprint density at radius 1 is 1.17 bits per heavy atom. The fourth-order valence-corrected chi connectivity index (χ4v) is 2.53. The molecular weight excluding hydrogens is 306 g/mol. The van der Waals surface area contributed by atoms with Gasteiger partial charge in [0.2, 0.25) is 0 Å². The third-order valence-electron chi connectivity index (χ3n) is 4.19. The second kappa shape index (κ2) is 6.78. The highest BCUT2D eigenvalue weighted by Crippen LogP contribution is 2.47. The van der Waals surface area contributed by atoms with E-state index in [0.717, 1.165) is 12.8 Å². The van der Waals surface area contributed by atoms with Gasteiger partial charge in [0.25, 0.3) is 5.91 Å². The number of nitrogens with one attached hydrogen (secondary N) is 1. The molecule has 124 valence electrons. The number of ether oxygens (including phenoxy) is 1. The predicted molar refractivity (Wildman–Crippen MR) is 87.4 cm³/mol. The van der Waals surface area contributed by atoms with E-state index in [0.29, 0.717) is 12.2 Å². The zero-order valence-corrected chi connectivity index (χ0v) is 13.5. The number of hydrogen-bond acceptors (Lipinski definition) is 5. The van der Waals surface area contributed by atoms with Crippen molar-refractivity contribution in [3.63, 3.8) is 0 Å². The first-order valence-electron chi connectivity index (χ1n) is 7.87. The molecular formula is C18H19N3O3. The monoisotopic (exact) mass is 325 g/mol. The molecule has 2 aromatic rings. The maximum Gasteiger partial charge on any atom is 0.359 e. The summed E-state index contributed by atoms with van der Waals surface area (Å²) in [7, 11) is 0. The minimum absolute atomic E-state index is 0.0311. The lowest BCUT2D eigenvalue weighted by molar-refractivity contribution is -0.124. The Labute approximate surface area is 140 Å². The van der Waals surface area contributed by atoms with Crippen LogP contribution in [0, 0.1) is 6.92 Å². The number of aryl methyl sites for hydroxylation is 1. The lowest BCUT2D eigenvalue weighted by Gasteiger charge is -2.16. The van der Waals surface area contributed by atoms with Crippen LogP contribution < -0.4 is 5.32 Å². The topological polar surface area (TPSA) is 81.2 Å². The predicted octanol–water partition coefficient (Wildman–Crippen LogP) is 1.79. The first kappa shape index (κ1) is 16.1. The molecule has 24 heavy (non-hydrogen) atoms. The Kier molecular flexibility index (Phi) is 4.55. The summed E-state index contributed by atoms with van der Waals surface area (Å²) in [6.45, 7) is 2.01. The first-order valence-corrected chi connectivity index (χ1v) is 7.87. The van der Waals surface area contributed by atoms with Crippen molar-refractivity contribution in [2.45, 2.75) is 25.2 Å². The molecule has 1 amide bonds. The third kappa shape index (κ3) is 3.76. The summed E-state index contributed by atoms with van der Waals surface area (Å²) >= 11 is 0. The molecule has 1 aliphatic carbocycles. The molecule has 0 radical (unpaired) electrons. The zero-order chi connectivity index (χ0) is 17.0. The maximum atomic E-state index is 11.9. The van der Waals surface area contributed by atoms with E-state index in [-0.39, 0.29) is 23.6 Å². The lowest BCUT2D eigenvalue weighted by Crippen LogP contribution is -2.35. The van der Waals surface area contributed by atoms with Crippen molar-refractivity contribution >= 4 is 11.9 Å². The SMILES string of the molecule is Cc1cnc(C(=O)OCC(=O)NCC2(c3ccccc3)CC2)cn1. The van der Waals surface area contributed by atoms with Gasteiger partial charge in [0, 0.05) is 18.2 Å². The summed E-state index contributed by atoms with van der Waals surface area (Å²) in [5.74, 6) is -0.965. The summed E-state index contributed by atoms with van der Waals surface area (Å²) in [5.41, 5.74) is 2.07. The molecule has 0 bridgehead atoms. The standard InChI is InChI=1S/C18H19N3O3/c1-13-9-20-15(10-19-13)17(23)24-11-16(22)21-12-18(7-8-18)14-5-3-2-4-6-14/h2-6,9-10H,7-8,11-12H2,1H3,(H,21,22). The highest BCUT2D eigenvalue weighted by Gasteiger charge is 2.44. The van der Waals surface area contributed by atoms with Crippen LogP contribution in [0.2, 0.25) is 0 Å². The van der Waals surface area contributed by atoms with Gasteiger partial charge in [0.1, 0.15) is 0 Å². The average molecular weight is 325 g/mol. The number of carbonyl (C=O) groups is 2. The summed E-state index contributed by atoms with van der Waals surface area (Å²) in [6, 6.07) is 10.1. The highest BCUT2D eigenvalue weighted by atomic mass is 16.5. The first-order chi connectivity index (χ1) is 11.6. The Morgan fingerprint density at radius 2 is 1.92 bits per heavy atom. The second-order valence-electron chi connectivity index (χ2n) is 6.04. The molecule has 0 aliphatic heterocycles. The lowest BCUT2D eigenvalue weighted by atomic mass is 9.96. The molecule has 6 heteroatoms. The van der Waals surface area contributed by atoms with E-state index in [4.69, 9.17) is 4.74 Å². The van der Waals surface area contributed by atoms with E-state index < -0.39 is 5.97 Å². The van der Waals surface area contributed by atoms with Crippen molar-refractivity contribution in [3.05, 3.63) is 59.7 Å². The molecule has 0 unspecified atom stereocenters. The molecule has 1 saturated carbocycles. The number of rotatable bonds is 6. The van der Waals surface area contributed by atoms with E-state index in [9.17, 15) is 9.59 Å². The number of aromatic nitrogens is 2. The molecule has 1 aliphatic rings. The molecule has 6 nitrogen and oxygen atoms in total. The minimum Gasteiger partial charge on any atom is -0.451 e. The number of carbonyl (C=O) groups excluding carboxylic acids is 2. The van der Waals surface area contributed by atoms with Gasteiger partial charge in [-0.05, 0) is 25.3 Å². The Morgan fingerprint density at radius 3 is 2.54 bits per heavy atom. The van der Waals surface area contributed by atoms with Gasteiger partial charge in [-0.3, -0.25) is 9.78 Å². The van der Waals surface area contributed by atoms with E-state index in [1.807, 2.05) is 18.2 Å². The Balaban J connectivity index is 1.46. The molecule has 0 spiro atoms. The van der Waals surface area contributed by atoms with Gasteiger partial charge in [-0.2, -0.15) is 0 Å². The average Bonchev–Trinajstić information content (AvgIpc) is 3.40. The zero-order valence-electron chi connectivity index (χ0n) is 13.5. The molecule has 0 saturated heterocycles. The van der Waals surface area contributed by atoms with Crippen LogP contribution in [0.5, 0.6) is 0 Å². The van der Waals surface area contributed by atoms with Gasteiger partial charge in [-0.1, -0.05) is 30.3 Å². The molecule has 1 N–H and O–H groups in total. The quantitative estimate of drug-likeness (QED) is 0.819. The van der Waals surface area contributed by atoms with Gasteiger partial charge in [0.05, 0.1) is 11.9 Å². The smallest absolute Gasteiger partial charge is 0.359 e. The van der Waals surface area contributed by atoms with E-state index >= 15 is 0 Å². The van der Waals surface area contributed by atoms with Crippen LogP contribution in [0.1, 0.15) is 34.6 Å². The van der Waals surface area contributed by atoms with Gasteiger partial charge >= 0.3 is 5.97 Å². The fraction of sp³-hybridized carbons (Fsp3) is 0.333. The van der Waals surface area contributed by atoms with Crippen molar-refractivity contribution in [1.29, 1.82) is 0 Å². The van der Waals surface area contributed by atoms with E-state index in [1.165, 1.54) is 18.0 Å². The molecule has 3 rings (SSSR count). The van der Waals surface area contributed by atoms with Crippen molar-refractivity contribution in [2.24, 2.45) is 0 Å². The molecule has 0 atom stereocenters. The number of esters is 1. The van der Waals surface area contributed by atoms with Gasteiger partial charge < -0.3 is 10.1 Å². The maximum absolute atomic E-state index is 11.9. The summed E-state index contributed by atoms with van der Waals surface area (Å²) in [4.78, 5) is 31.6. The van der Waals surface area contributed by atoms with Crippen LogP contribution in [0.25, 0.3) is 0 Å². The van der Waals surface area contributed by atoms with E-state index in [2.05, 4.69) is 27.4 Å². The van der Waals surface area contributed by atoms with Crippen LogP contribution >= 0.6 is 0 Å². The van der Waals surface area contributed by atoms with Crippen LogP contribution in [-0.4, -0.2) is 35.0 Å². The van der Waals surface area contributed by atoms with Crippen LogP contribution in [0.15, 0.2) is 42.7 Å². The van der Waals surface area contributed by atoms with E-state index in [1.54, 1.807) is 6.92 Å². The van der Waals surface area contributed by atoms with Crippen molar-refractivity contribution in [2.75, 3.05) is 13.2 Å². The highest BCUT2D eigenvalue weighted by molar-refractivity contribution is 5.89. The summed E-state index contributed by atoms with van der Waals surface area (Å²) in [6.07, 6.45) is 4.92. The third-order valence-corrected chi connectivity index (χ3v) is 4.19. The molecule has 1 heterocycles. The Bertz CT molecular complexity index is 725. The number of benzene rings is 1. The van der Waals surface area contributed by atoms with Gasteiger partial charge in [-0.25, -0.2) is 9.78 Å². The largest absolute Gasteiger partial charge is 0.451 e. The normalized spacial score (nSPS) is 14.7. The van der Waals surface area contributed by atoms with Gasteiger partial charge in [0.15, 0.2) is 12.3 Å². The molecule has 1 fully saturated rings. The minimum atomic E-state index is -0.651. The molecule has 1 aromatic heterocycles. The number of hydrogen-bond donors (Lipinski definition) is 1. The summed E-state index contributed by atoms with van der Waals surface area (Å²) in [5, 5.41) is 2.85. The van der Waals surface area contributed by atoms with Crippen LogP contribution in [0.4, 0.5) is 0 Å². The van der Waals surface area contributed by atoms with Crippen molar-refractivity contribution in [3.8, 4) is 0 Å². The Hall–Kier alpha value is -2.76.